The molecule has 21 heavy (non-hydrogen) atoms. The van der Waals surface area contributed by atoms with Gasteiger partial charge in [-0.2, -0.15) is 0 Å². The number of carbonyl (C=O) groups is 2. The van der Waals surface area contributed by atoms with Gasteiger partial charge in [0.15, 0.2) is 0 Å². The summed E-state index contributed by atoms with van der Waals surface area (Å²) in [5.41, 5.74) is 0.653. The highest BCUT2D eigenvalue weighted by Crippen LogP contribution is 2.22. The van der Waals surface area contributed by atoms with Gasteiger partial charge in [-0.15, -0.1) is 0 Å². The van der Waals surface area contributed by atoms with Crippen LogP contribution in [0.15, 0.2) is 40.9 Å². The molecule has 0 atom stereocenters. The standard InChI is InChI=1S/C15H11BrFNO3/c1-8-2-3-9(6-12(8)17)14(19)18-13-5-4-10(16)7-11(13)15(20)21/h2-7H,1H3,(H,18,19)(H,20,21). The van der Waals surface area contributed by atoms with Crippen LogP contribution in [0, 0.1) is 12.7 Å². The Hall–Kier alpha value is -2.21. The SMILES string of the molecule is Cc1ccc(C(=O)Nc2ccc(Br)cc2C(=O)O)cc1F. The van der Waals surface area contributed by atoms with Gasteiger partial charge in [-0.05, 0) is 42.8 Å². The number of benzene rings is 2. The van der Waals surface area contributed by atoms with Gasteiger partial charge in [0.05, 0.1) is 11.3 Å². The van der Waals surface area contributed by atoms with Gasteiger partial charge in [-0.1, -0.05) is 22.0 Å². The minimum Gasteiger partial charge on any atom is -0.478 e. The number of halogens is 2. The summed E-state index contributed by atoms with van der Waals surface area (Å²) in [6.45, 7) is 1.59. The highest BCUT2D eigenvalue weighted by Gasteiger charge is 2.14. The van der Waals surface area contributed by atoms with E-state index in [4.69, 9.17) is 5.11 Å². The molecule has 1 amide bonds. The molecular weight excluding hydrogens is 341 g/mol. The Kier molecular flexibility index (Phi) is 4.37. The Bertz CT molecular complexity index is 731. The number of aryl methyl sites for hydroxylation is 1. The van der Waals surface area contributed by atoms with E-state index in [-0.39, 0.29) is 16.8 Å². The molecule has 108 valence electrons. The maximum Gasteiger partial charge on any atom is 0.337 e. The third kappa shape index (κ3) is 3.46. The lowest BCUT2D eigenvalue weighted by atomic mass is 10.1. The van der Waals surface area contributed by atoms with Gasteiger partial charge in [0, 0.05) is 10.0 Å². The Morgan fingerprint density at radius 3 is 2.52 bits per heavy atom. The molecule has 0 fully saturated rings. The molecule has 2 N–H and O–H groups in total. The summed E-state index contributed by atoms with van der Waals surface area (Å²) in [5.74, 6) is -2.22. The summed E-state index contributed by atoms with van der Waals surface area (Å²) in [7, 11) is 0. The maximum atomic E-state index is 13.5. The second kappa shape index (κ2) is 6.05. The zero-order chi connectivity index (χ0) is 15.6. The van der Waals surface area contributed by atoms with Crippen molar-refractivity contribution in [2.24, 2.45) is 0 Å². The van der Waals surface area contributed by atoms with Crippen LogP contribution in [0.3, 0.4) is 0 Å². The van der Waals surface area contributed by atoms with E-state index in [1.807, 2.05) is 0 Å². The molecule has 0 aliphatic carbocycles. The molecule has 4 nitrogen and oxygen atoms in total. The van der Waals surface area contributed by atoms with Crippen LogP contribution in [0.25, 0.3) is 0 Å². The molecule has 0 aliphatic heterocycles. The predicted molar refractivity (Wildman–Crippen MR) is 80.2 cm³/mol. The first kappa shape index (κ1) is 15.2. The predicted octanol–water partition coefficient (Wildman–Crippen LogP) is 3.85. The minimum absolute atomic E-state index is 0.0506. The molecule has 6 heteroatoms. The largest absolute Gasteiger partial charge is 0.478 e. The number of hydrogen-bond acceptors (Lipinski definition) is 2. The quantitative estimate of drug-likeness (QED) is 0.882. The first-order valence-electron chi connectivity index (χ1n) is 5.99. The number of amides is 1. The Labute approximate surface area is 128 Å². The smallest absolute Gasteiger partial charge is 0.337 e. The molecule has 0 bridgehead atoms. The first-order valence-corrected chi connectivity index (χ1v) is 6.78. The van der Waals surface area contributed by atoms with E-state index in [2.05, 4.69) is 21.2 Å². The molecular formula is C15H11BrFNO3. The molecule has 0 aromatic heterocycles. The van der Waals surface area contributed by atoms with Crippen LogP contribution in [0.1, 0.15) is 26.3 Å². The first-order chi connectivity index (χ1) is 9.88. The molecule has 0 saturated heterocycles. The monoisotopic (exact) mass is 351 g/mol. The molecule has 0 unspecified atom stereocenters. The molecule has 2 rings (SSSR count). The van der Waals surface area contributed by atoms with Crippen molar-refractivity contribution in [3.63, 3.8) is 0 Å². The molecule has 0 saturated carbocycles. The van der Waals surface area contributed by atoms with Crippen molar-refractivity contribution in [2.45, 2.75) is 6.92 Å². The van der Waals surface area contributed by atoms with E-state index < -0.39 is 17.7 Å². The Morgan fingerprint density at radius 1 is 1.19 bits per heavy atom. The number of carboxylic acids is 1. The molecule has 0 aliphatic rings. The van der Waals surface area contributed by atoms with Crippen LogP contribution in [0.4, 0.5) is 10.1 Å². The van der Waals surface area contributed by atoms with Gasteiger partial charge in [-0.25, -0.2) is 9.18 Å². The fourth-order valence-corrected chi connectivity index (χ4v) is 2.09. The highest BCUT2D eigenvalue weighted by molar-refractivity contribution is 9.10. The Morgan fingerprint density at radius 2 is 1.90 bits per heavy atom. The van der Waals surface area contributed by atoms with E-state index >= 15 is 0 Å². The molecule has 0 radical (unpaired) electrons. The number of aromatic carboxylic acids is 1. The zero-order valence-corrected chi connectivity index (χ0v) is 12.6. The summed E-state index contributed by atoms with van der Waals surface area (Å²) >= 11 is 3.17. The van der Waals surface area contributed by atoms with Crippen LogP contribution in [-0.2, 0) is 0 Å². The fourth-order valence-electron chi connectivity index (χ4n) is 1.73. The average Bonchev–Trinajstić information content (AvgIpc) is 2.43. The van der Waals surface area contributed by atoms with Crippen LogP contribution >= 0.6 is 15.9 Å². The zero-order valence-electron chi connectivity index (χ0n) is 11.0. The molecule has 2 aromatic carbocycles. The van der Waals surface area contributed by atoms with Crippen molar-refractivity contribution in [1.82, 2.24) is 0 Å². The maximum absolute atomic E-state index is 13.5. The second-order valence-electron chi connectivity index (χ2n) is 4.41. The third-order valence-electron chi connectivity index (χ3n) is 2.89. The van der Waals surface area contributed by atoms with Gasteiger partial charge < -0.3 is 10.4 Å². The lowest BCUT2D eigenvalue weighted by Crippen LogP contribution is -2.15. The van der Waals surface area contributed by atoms with Gasteiger partial charge in [-0.3, -0.25) is 4.79 Å². The van der Waals surface area contributed by atoms with E-state index in [1.54, 1.807) is 13.0 Å². The number of rotatable bonds is 3. The van der Waals surface area contributed by atoms with Crippen LogP contribution in [-0.4, -0.2) is 17.0 Å². The van der Waals surface area contributed by atoms with Crippen LogP contribution in [0.2, 0.25) is 0 Å². The Balaban J connectivity index is 2.31. The van der Waals surface area contributed by atoms with E-state index in [0.717, 1.165) is 6.07 Å². The van der Waals surface area contributed by atoms with Crippen molar-refractivity contribution in [3.05, 3.63) is 63.4 Å². The summed E-state index contributed by atoms with van der Waals surface area (Å²) in [6.07, 6.45) is 0. The van der Waals surface area contributed by atoms with Gasteiger partial charge in [0.1, 0.15) is 5.82 Å². The molecule has 0 heterocycles. The highest BCUT2D eigenvalue weighted by atomic mass is 79.9. The lowest BCUT2D eigenvalue weighted by Gasteiger charge is -2.09. The van der Waals surface area contributed by atoms with Crippen LogP contribution < -0.4 is 5.32 Å². The van der Waals surface area contributed by atoms with Gasteiger partial charge in [0.25, 0.3) is 5.91 Å². The number of hydrogen-bond donors (Lipinski definition) is 2. The van der Waals surface area contributed by atoms with Gasteiger partial charge in [0.2, 0.25) is 0 Å². The minimum atomic E-state index is -1.17. The fraction of sp³-hybridized carbons (Fsp3) is 0.0667. The summed E-state index contributed by atoms with van der Waals surface area (Å²) < 4.78 is 14.0. The van der Waals surface area contributed by atoms with Crippen molar-refractivity contribution >= 4 is 33.5 Å². The third-order valence-corrected chi connectivity index (χ3v) is 3.39. The van der Waals surface area contributed by atoms with Crippen molar-refractivity contribution in [1.29, 1.82) is 0 Å². The number of carboxylic acid groups (broad SMARTS) is 1. The molecule has 2 aromatic rings. The van der Waals surface area contributed by atoms with Crippen molar-refractivity contribution in [3.8, 4) is 0 Å². The van der Waals surface area contributed by atoms with E-state index in [9.17, 15) is 14.0 Å². The van der Waals surface area contributed by atoms with Crippen molar-refractivity contribution in [2.75, 3.05) is 5.32 Å². The summed E-state index contributed by atoms with van der Waals surface area (Å²) in [6, 6.07) is 8.54. The topological polar surface area (TPSA) is 66.4 Å². The number of nitrogens with one attached hydrogen (secondary N) is 1. The number of anilines is 1. The number of carbonyl (C=O) groups excluding carboxylic acids is 1. The normalized spacial score (nSPS) is 10.2. The van der Waals surface area contributed by atoms with Crippen LogP contribution in [0.5, 0.6) is 0 Å². The second-order valence-corrected chi connectivity index (χ2v) is 5.33. The van der Waals surface area contributed by atoms with Gasteiger partial charge >= 0.3 is 5.97 Å². The van der Waals surface area contributed by atoms with E-state index in [1.165, 1.54) is 24.3 Å². The van der Waals surface area contributed by atoms with Crippen molar-refractivity contribution < 1.29 is 19.1 Å². The average molecular weight is 352 g/mol. The lowest BCUT2D eigenvalue weighted by molar-refractivity contribution is 0.0698. The van der Waals surface area contributed by atoms with E-state index in [0.29, 0.717) is 10.0 Å². The molecule has 0 spiro atoms. The summed E-state index contributed by atoms with van der Waals surface area (Å²) in [5, 5.41) is 11.6. The summed E-state index contributed by atoms with van der Waals surface area (Å²) in [4.78, 5) is 23.2.